The van der Waals surface area contributed by atoms with Gasteiger partial charge in [0.25, 0.3) is 5.82 Å². The Hall–Kier alpha value is -0.790. The molecule has 308 valence electrons. The first kappa shape index (κ1) is 49.2. The zero-order chi connectivity index (χ0) is 37.3. The van der Waals surface area contributed by atoms with Gasteiger partial charge in [-0.1, -0.05) is 252 Å². The predicted molar refractivity (Wildman–Crippen MR) is 235 cm³/mol. The molecule has 0 N–H and O–H groups in total. The van der Waals surface area contributed by atoms with E-state index < -0.39 is 0 Å². The Kier molecular flexibility index (Phi) is 39.2. The maximum Gasteiger partial charge on any atom is 0.256 e. The third-order valence-corrected chi connectivity index (χ3v) is 12.1. The lowest BCUT2D eigenvalue weighted by molar-refractivity contribution is -0.704. The van der Waals surface area contributed by atoms with Crippen LogP contribution >= 0.6 is 0 Å². The fraction of sp³-hybridized carbons (Fsp3) is 0.940. The summed E-state index contributed by atoms with van der Waals surface area (Å²) in [6, 6.07) is 0. The van der Waals surface area contributed by atoms with Crippen LogP contribution in [-0.4, -0.2) is 4.57 Å². The Morgan fingerprint density at radius 3 is 0.923 bits per heavy atom. The Morgan fingerprint density at radius 2 is 0.596 bits per heavy atom. The molecule has 0 unspecified atom stereocenters. The van der Waals surface area contributed by atoms with Crippen molar-refractivity contribution in [2.45, 2.75) is 304 Å². The lowest BCUT2D eigenvalue weighted by Crippen LogP contribution is -2.37. The van der Waals surface area contributed by atoms with Gasteiger partial charge < -0.3 is 0 Å². The van der Waals surface area contributed by atoms with Crippen LogP contribution in [0.1, 0.15) is 290 Å². The highest BCUT2D eigenvalue weighted by Crippen LogP contribution is 2.17. The number of hydrogen-bond acceptors (Lipinski definition) is 0. The van der Waals surface area contributed by atoms with Gasteiger partial charge in [-0.25, -0.2) is 9.13 Å². The monoisotopic (exact) mass is 728 g/mol. The molecule has 0 saturated carbocycles. The molecule has 0 aliphatic carbocycles. The Labute approximate surface area is 329 Å². The van der Waals surface area contributed by atoms with Crippen LogP contribution in [0.3, 0.4) is 0 Å². The fourth-order valence-corrected chi connectivity index (χ4v) is 8.45. The molecular formula is C50H99N2+. The largest absolute Gasteiger partial charge is 0.256 e. The molecule has 2 nitrogen and oxygen atoms in total. The van der Waals surface area contributed by atoms with E-state index in [-0.39, 0.29) is 0 Å². The lowest BCUT2D eigenvalue weighted by Gasteiger charge is -2.07. The highest BCUT2D eigenvalue weighted by atomic mass is 15.1. The summed E-state index contributed by atoms with van der Waals surface area (Å²) in [6.07, 6.45) is 65.3. The second-order valence-corrected chi connectivity index (χ2v) is 17.3. The van der Waals surface area contributed by atoms with Crippen molar-refractivity contribution < 1.29 is 4.57 Å². The molecule has 0 fully saturated rings. The van der Waals surface area contributed by atoms with Gasteiger partial charge >= 0.3 is 0 Å². The lowest BCUT2D eigenvalue weighted by atomic mass is 10.0. The van der Waals surface area contributed by atoms with E-state index in [1.807, 2.05) is 0 Å². The number of unbranched alkanes of at least 4 members (excludes halogenated alkanes) is 38. The molecule has 1 aromatic rings. The summed E-state index contributed by atoms with van der Waals surface area (Å²) >= 11 is 0. The first-order chi connectivity index (χ1) is 25.8. The van der Waals surface area contributed by atoms with Crippen molar-refractivity contribution in [3.05, 3.63) is 18.2 Å². The minimum Gasteiger partial charge on any atom is -0.234 e. The zero-order valence-electron chi connectivity index (χ0n) is 36.7. The molecule has 1 rings (SSSR count). The zero-order valence-corrected chi connectivity index (χ0v) is 36.7. The number of nitrogens with zero attached hydrogens (tertiary/aromatic N) is 2. The molecule has 0 atom stereocenters. The molecule has 0 aliphatic heterocycles. The van der Waals surface area contributed by atoms with Crippen LogP contribution in [0.2, 0.25) is 0 Å². The second-order valence-electron chi connectivity index (χ2n) is 17.3. The number of hydrogen-bond donors (Lipinski definition) is 0. The normalized spacial score (nSPS) is 11.7. The van der Waals surface area contributed by atoms with Crippen LogP contribution in [0.15, 0.2) is 12.4 Å². The van der Waals surface area contributed by atoms with E-state index in [9.17, 15) is 0 Å². The predicted octanol–water partition coefficient (Wildman–Crippen LogP) is 17.4. The van der Waals surface area contributed by atoms with Crippen LogP contribution in [0.25, 0.3) is 0 Å². The third-order valence-electron chi connectivity index (χ3n) is 12.1. The molecule has 0 aliphatic rings. The first-order valence-corrected chi connectivity index (χ1v) is 24.9. The molecule has 0 aromatic carbocycles. The number of rotatable bonds is 44. The Morgan fingerprint density at radius 1 is 0.327 bits per heavy atom. The number of aryl methyl sites for hydroxylation is 2. The summed E-state index contributed by atoms with van der Waals surface area (Å²) in [7, 11) is 0. The quantitative estimate of drug-likeness (QED) is 0.0467. The van der Waals surface area contributed by atoms with Gasteiger partial charge in [-0.3, -0.25) is 0 Å². The SMILES string of the molecule is CCCCCCCCCCCCCCCCCCCc1n(CCCCCCCCCCCCCCCCCCC)cc[n+]1CCCCCCCCC. The van der Waals surface area contributed by atoms with Crippen molar-refractivity contribution in [1.82, 2.24) is 4.57 Å². The molecule has 0 spiro atoms. The average molecular weight is 728 g/mol. The van der Waals surface area contributed by atoms with E-state index in [4.69, 9.17) is 0 Å². The van der Waals surface area contributed by atoms with Crippen LogP contribution in [0, 0.1) is 0 Å². The van der Waals surface area contributed by atoms with Crippen LogP contribution in [0.5, 0.6) is 0 Å². The van der Waals surface area contributed by atoms with Crippen molar-refractivity contribution in [1.29, 1.82) is 0 Å². The maximum atomic E-state index is 2.65. The molecule has 0 amide bonds. The van der Waals surface area contributed by atoms with E-state index >= 15 is 0 Å². The van der Waals surface area contributed by atoms with E-state index in [1.54, 1.807) is 5.82 Å². The molecular weight excluding hydrogens is 629 g/mol. The first-order valence-electron chi connectivity index (χ1n) is 24.9. The topological polar surface area (TPSA) is 8.81 Å². The smallest absolute Gasteiger partial charge is 0.234 e. The summed E-state index contributed by atoms with van der Waals surface area (Å²) in [6.45, 7) is 9.41. The number of aromatic nitrogens is 2. The minimum atomic E-state index is 1.23. The molecule has 0 bridgehead atoms. The Bertz CT molecular complexity index is 796. The maximum absolute atomic E-state index is 2.65. The van der Waals surface area contributed by atoms with Crippen molar-refractivity contribution in [2.75, 3.05) is 0 Å². The molecule has 0 saturated heterocycles. The summed E-state index contributed by atoms with van der Waals surface area (Å²) in [4.78, 5) is 0. The van der Waals surface area contributed by atoms with Gasteiger partial charge in [-0.05, 0) is 32.1 Å². The Balaban J connectivity index is 2.17. The van der Waals surface area contributed by atoms with E-state index in [0.717, 1.165) is 0 Å². The molecule has 0 radical (unpaired) electrons. The summed E-state index contributed by atoms with van der Waals surface area (Å²) in [5.41, 5.74) is 0. The van der Waals surface area contributed by atoms with E-state index in [1.165, 1.54) is 283 Å². The van der Waals surface area contributed by atoms with Gasteiger partial charge in [0, 0.05) is 6.42 Å². The van der Waals surface area contributed by atoms with Gasteiger partial charge in [0.1, 0.15) is 12.4 Å². The third kappa shape index (κ3) is 32.6. The van der Waals surface area contributed by atoms with Gasteiger partial charge in [0.2, 0.25) is 0 Å². The molecule has 2 heteroatoms. The summed E-state index contributed by atoms with van der Waals surface area (Å²) in [5.74, 6) is 1.63. The van der Waals surface area contributed by atoms with Crippen LogP contribution in [0.4, 0.5) is 0 Å². The van der Waals surface area contributed by atoms with Crippen LogP contribution < -0.4 is 4.57 Å². The molecule has 1 aromatic heterocycles. The second kappa shape index (κ2) is 41.4. The van der Waals surface area contributed by atoms with Crippen molar-refractivity contribution >= 4 is 0 Å². The van der Waals surface area contributed by atoms with E-state index in [2.05, 4.69) is 42.3 Å². The van der Waals surface area contributed by atoms with Crippen LogP contribution in [-0.2, 0) is 19.5 Å². The van der Waals surface area contributed by atoms with Crippen molar-refractivity contribution in [2.24, 2.45) is 0 Å². The van der Waals surface area contributed by atoms with Gasteiger partial charge in [0.15, 0.2) is 0 Å². The van der Waals surface area contributed by atoms with Gasteiger partial charge in [0.05, 0.1) is 13.1 Å². The van der Waals surface area contributed by atoms with Crippen molar-refractivity contribution in [3.63, 3.8) is 0 Å². The molecule has 52 heavy (non-hydrogen) atoms. The molecule has 1 heterocycles. The van der Waals surface area contributed by atoms with Gasteiger partial charge in [-0.15, -0.1) is 0 Å². The number of imidazole rings is 1. The van der Waals surface area contributed by atoms with Crippen molar-refractivity contribution in [3.8, 4) is 0 Å². The fourth-order valence-electron chi connectivity index (χ4n) is 8.45. The standard InChI is InChI=1S/C50H99N2/c1-4-7-10-13-16-18-20-22-24-26-28-30-32-34-36-39-42-45-50-51(46-43-40-37-15-12-9-6-3)48-49-52(50)47-44-41-38-35-33-31-29-27-25-23-21-19-17-14-11-8-5-2/h48-49H,4-47H2,1-3H3/q+1. The average Bonchev–Trinajstić information content (AvgIpc) is 3.54. The highest BCUT2D eigenvalue weighted by molar-refractivity contribution is 4.84. The van der Waals surface area contributed by atoms with E-state index in [0.29, 0.717) is 0 Å². The van der Waals surface area contributed by atoms with Gasteiger partial charge in [-0.2, -0.15) is 0 Å². The highest BCUT2D eigenvalue weighted by Gasteiger charge is 2.16. The minimum absolute atomic E-state index is 1.23. The summed E-state index contributed by atoms with van der Waals surface area (Å²) < 4.78 is 5.30. The summed E-state index contributed by atoms with van der Waals surface area (Å²) in [5, 5.41) is 0.